The maximum Gasteiger partial charge on any atom is 0.205 e. The van der Waals surface area contributed by atoms with Crippen molar-refractivity contribution in [2.75, 3.05) is 0 Å². The van der Waals surface area contributed by atoms with E-state index in [1.165, 1.54) is 6.92 Å². The number of hydrogen-bond donors (Lipinski definition) is 1. The van der Waals surface area contributed by atoms with Crippen LogP contribution in [0.1, 0.15) is 36.3 Å². The maximum atomic E-state index is 10.9. The van der Waals surface area contributed by atoms with Crippen molar-refractivity contribution in [1.82, 2.24) is 4.98 Å². The van der Waals surface area contributed by atoms with Crippen LogP contribution in [0, 0.1) is 11.8 Å². The molecule has 1 heterocycles. The van der Waals surface area contributed by atoms with E-state index in [4.69, 9.17) is 0 Å². The molecule has 0 atom stereocenters. The highest BCUT2D eigenvalue weighted by Crippen LogP contribution is 2.02. The molecule has 0 aliphatic rings. The molecule has 0 unspecified atom stereocenters. The Kier molecular flexibility index (Phi) is 3.24. The van der Waals surface area contributed by atoms with Gasteiger partial charge in [-0.15, -0.1) is 0 Å². The summed E-state index contributed by atoms with van der Waals surface area (Å²) in [6.07, 6.45) is 2.03. The van der Waals surface area contributed by atoms with E-state index in [0.29, 0.717) is 17.7 Å². The molecule has 0 bridgehead atoms. The lowest BCUT2D eigenvalue weighted by Gasteiger charge is -1.82. The summed E-state index contributed by atoms with van der Waals surface area (Å²) in [6.45, 7) is 3.23. The van der Waals surface area contributed by atoms with Gasteiger partial charge in [-0.1, -0.05) is 12.8 Å². The molecule has 3 heteroatoms. The van der Waals surface area contributed by atoms with Crippen LogP contribution in [0.25, 0.3) is 0 Å². The molecule has 0 saturated carbocycles. The van der Waals surface area contributed by atoms with Crippen molar-refractivity contribution in [2.24, 2.45) is 0 Å². The fourth-order valence-electron chi connectivity index (χ4n) is 0.900. The normalized spacial score (nSPS) is 9.00. The van der Waals surface area contributed by atoms with E-state index in [-0.39, 0.29) is 11.6 Å². The number of H-pyrrole nitrogens is 1. The van der Waals surface area contributed by atoms with Crippen LogP contribution in [0.5, 0.6) is 0 Å². The topological polar surface area (TPSA) is 49.9 Å². The zero-order chi connectivity index (χ0) is 10.6. The largest absolute Gasteiger partial charge is 0.358 e. The summed E-state index contributed by atoms with van der Waals surface area (Å²) < 4.78 is 0. The van der Waals surface area contributed by atoms with Crippen LogP contribution < -0.4 is 0 Å². The van der Waals surface area contributed by atoms with Crippen LogP contribution in [0.15, 0.2) is 12.3 Å². The maximum absolute atomic E-state index is 10.9. The van der Waals surface area contributed by atoms with Crippen LogP contribution in [-0.2, 0) is 4.79 Å². The number of rotatable bonds is 2. The Hall–Kier alpha value is -1.82. The van der Waals surface area contributed by atoms with Gasteiger partial charge in [0.2, 0.25) is 5.78 Å². The van der Waals surface area contributed by atoms with Gasteiger partial charge in [-0.2, -0.15) is 0 Å². The fourth-order valence-corrected chi connectivity index (χ4v) is 0.900. The number of carbonyl (C=O) groups is 2. The molecule has 1 aromatic heterocycles. The van der Waals surface area contributed by atoms with Crippen molar-refractivity contribution in [3.8, 4) is 11.8 Å². The van der Waals surface area contributed by atoms with Crippen molar-refractivity contribution >= 4 is 11.6 Å². The van der Waals surface area contributed by atoms with Gasteiger partial charge in [0, 0.05) is 25.1 Å². The summed E-state index contributed by atoms with van der Waals surface area (Å²) in [5.41, 5.74) is 1.18. The lowest BCUT2D eigenvalue weighted by molar-refractivity contribution is -0.113. The number of aromatic amines is 1. The van der Waals surface area contributed by atoms with E-state index in [1.54, 1.807) is 19.2 Å². The molecule has 0 amide bonds. The first kappa shape index (κ1) is 10.3. The van der Waals surface area contributed by atoms with Gasteiger partial charge in [0.15, 0.2) is 5.78 Å². The summed E-state index contributed by atoms with van der Waals surface area (Å²) in [5, 5.41) is 0. The number of ketones is 2. The van der Waals surface area contributed by atoms with Crippen molar-refractivity contribution < 1.29 is 9.59 Å². The standard InChI is InChI=1S/C11H11NO2/c1-3-10(14)5-4-9-6-11(8(2)13)12-7-9/h6-7,12H,3H2,1-2H3. The SMILES string of the molecule is CCC(=O)C#Cc1c[nH]c(C(C)=O)c1. The fraction of sp³-hybridized carbons (Fsp3) is 0.273. The highest BCUT2D eigenvalue weighted by atomic mass is 16.1. The molecule has 0 aliphatic carbocycles. The van der Waals surface area contributed by atoms with Crippen molar-refractivity contribution in [1.29, 1.82) is 0 Å². The van der Waals surface area contributed by atoms with Gasteiger partial charge < -0.3 is 4.98 Å². The molecule has 0 aromatic carbocycles. The molecule has 0 radical (unpaired) electrons. The Morgan fingerprint density at radius 3 is 2.71 bits per heavy atom. The van der Waals surface area contributed by atoms with Gasteiger partial charge in [0.1, 0.15) is 0 Å². The monoisotopic (exact) mass is 189 g/mol. The molecule has 1 N–H and O–H groups in total. The molecule has 14 heavy (non-hydrogen) atoms. The average Bonchev–Trinajstić information content (AvgIpc) is 2.62. The predicted molar refractivity (Wildman–Crippen MR) is 53.0 cm³/mol. The third-order valence-electron chi connectivity index (χ3n) is 1.73. The second-order valence-electron chi connectivity index (χ2n) is 2.88. The predicted octanol–water partition coefficient (Wildman–Crippen LogP) is 1.55. The zero-order valence-electron chi connectivity index (χ0n) is 8.18. The zero-order valence-corrected chi connectivity index (χ0v) is 8.18. The molecule has 0 fully saturated rings. The molecular weight excluding hydrogens is 178 g/mol. The van der Waals surface area contributed by atoms with Crippen LogP contribution in [0.2, 0.25) is 0 Å². The number of Topliss-reactive ketones (excluding diaryl/α,β-unsaturated/α-hetero) is 2. The minimum atomic E-state index is -0.101. The molecule has 1 rings (SSSR count). The van der Waals surface area contributed by atoms with E-state index in [9.17, 15) is 9.59 Å². The van der Waals surface area contributed by atoms with Crippen LogP contribution >= 0.6 is 0 Å². The number of carbonyl (C=O) groups excluding carboxylic acids is 2. The summed E-state index contributed by atoms with van der Waals surface area (Å²) in [5.74, 6) is 5.03. The molecule has 0 saturated heterocycles. The Morgan fingerprint density at radius 2 is 2.21 bits per heavy atom. The second-order valence-corrected chi connectivity index (χ2v) is 2.88. The second kappa shape index (κ2) is 4.43. The van der Waals surface area contributed by atoms with Gasteiger partial charge in [-0.25, -0.2) is 0 Å². The van der Waals surface area contributed by atoms with E-state index < -0.39 is 0 Å². The van der Waals surface area contributed by atoms with Crippen LogP contribution in [-0.4, -0.2) is 16.6 Å². The minimum Gasteiger partial charge on any atom is -0.358 e. The smallest absolute Gasteiger partial charge is 0.205 e. The quantitative estimate of drug-likeness (QED) is 0.566. The van der Waals surface area contributed by atoms with Crippen LogP contribution in [0.4, 0.5) is 0 Å². The molecular formula is C11H11NO2. The van der Waals surface area contributed by atoms with Gasteiger partial charge in [0.25, 0.3) is 0 Å². The Balaban J connectivity index is 2.81. The summed E-state index contributed by atoms with van der Waals surface area (Å²) >= 11 is 0. The molecule has 3 nitrogen and oxygen atoms in total. The Bertz CT molecular complexity index is 418. The summed E-state index contributed by atoms with van der Waals surface area (Å²) in [6, 6.07) is 1.64. The average molecular weight is 189 g/mol. The van der Waals surface area contributed by atoms with Gasteiger partial charge in [-0.05, 0) is 12.0 Å². The third-order valence-corrected chi connectivity index (χ3v) is 1.73. The number of nitrogens with one attached hydrogen (secondary N) is 1. The van der Waals surface area contributed by atoms with Gasteiger partial charge in [0.05, 0.1) is 5.69 Å². The summed E-state index contributed by atoms with van der Waals surface area (Å²) in [4.78, 5) is 24.6. The van der Waals surface area contributed by atoms with E-state index >= 15 is 0 Å². The first-order valence-electron chi connectivity index (χ1n) is 4.37. The molecule has 0 aliphatic heterocycles. The number of aromatic nitrogens is 1. The third kappa shape index (κ3) is 2.60. The highest BCUT2D eigenvalue weighted by molar-refractivity contribution is 5.96. The Labute approximate surface area is 82.5 Å². The molecule has 0 spiro atoms. The summed E-state index contributed by atoms with van der Waals surface area (Å²) in [7, 11) is 0. The minimum absolute atomic E-state index is 0.0418. The first-order chi connectivity index (χ1) is 6.63. The van der Waals surface area contributed by atoms with Gasteiger partial charge in [-0.3, -0.25) is 9.59 Å². The van der Waals surface area contributed by atoms with Gasteiger partial charge >= 0.3 is 0 Å². The number of hydrogen-bond acceptors (Lipinski definition) is 2. The highest BCUT2D eigenvalue weighted by Gasteiger charge is 2.00. The van der Waals surface area contributed by atoms with E-state index in [1.807, 2.05) is 0 Å². The molecule has 1 aromatic rings. The molecule has 72 valence electrons. The van der Waals surface area contributed by atoms with E-state index in [2.05, 4.69) is 16.8 Å². The Morgan fingerprint density at radius 1 is 1.50 bits per heavy atom. The van der Waals surface area contributed by atoms with Crippen molar-refractivity contribution in [3.63, 3.8) is 0 Å². The van der Waals surface area contributed by atoms with Crippen molar-refractivity contribution in [3.05, 3.63) is 23.5 Å². The first-order valence-corrected chi connectivity index (χ1v) is 4.37. The lowest BCUT2D eigenvalue weighted by atomic mass is 10.2. The lowest BCUT2D eigenvalue weighted by Crippen LogP contribution is -1.89. The van der Waals surface area contributed by atoms with Crippen molar-refractivity contribution in [2.45, 2.75) is 20.3 Å². The van der Waals surface area contributed by atoms with Crippen LogP contribution in [0.3, 0.4) is 0 Å². The van der Waals surface area contributed by atoms with E-state index in [0.717, 1.165) is 0 Å².